The Labute approximate surface area is 216 Å². The molecule has 7 heteroatoms. The molecule has 1 aromatic rings. The Hall–Kier alpha value is -0.183. The van der Waals surface area contributed by atoms with Gasteiger partial charge in [0.25, 0.3) is 0 Å². The van der Waals surface area contributed by atoms with Crippen molar-refractivity contribution in [3.63, 3.8) is 0 Å². The fraction of sp³-hybridized carbons (Fsp3) is 0.778. The average Bonchev–Trinajstić information content (AvgIpc) is 2.79. The van der Waals surface area contributed by atoms with Gasteiger partial charge in [0, 0.05) is 35.5 Å². The minimum Gasteiger partial charge on any atom is -0.417 e. The summed E-state index contributed by atoms with van der Waals surface area (Å²) in [7, 11) is -2.63. The molecule has 196 valence electrons. The van der Waals surface area contributed by atoms with Crippen molar-refractivity contribution in [1.82, 2.24) is 0 Å². The summed E-state index contributed by atoms with van der Waals surface area (Å²) < 4.78 is 32.4. The predicted octanol–water partition coefficient (Wildman–Crippen LogP) is 7.02. The normalized spacial score (nSPS) is 25.8. The van der Waals surface area contributed by atoms with E-state index in [4.69, 9.17) is 13.9 Å². The van der Waals surface area contributed by atoms with Crippen molar-refractivity contribution in [1.29, 1.82) is 0 Å². The van der Waals surface area contributed by atoms with Gasteiger partial charge < -0.3 is 13.9 Å². The fourth-order valence-corrected chi connectivity index (χ4v) is 8.11. The van der Waals surface area contributed by atoms with Crippen LogP contribution < -0.4 is 0 Å². The summed E-state index contributed by atoms with van der Waals surface area (Å²) in [5, 5.41) is 0.199. The second kappa shape index (κ2) is 13.9. The van der Waals surface area contributed by atoms with Gasteiger partial charge in [0.1, 0.15) is 0 Å². The van der Waals surface area contributed by atoms with E-state index in [0.29, 0.717) is 12.4 Å². The smallest absolute Gasteiger partial charge is 0.191 e. The Morgan fingerprint density at radius 1 is 1.21 bits per heavy atom. The standard InChI is InChI=1S/C27H48O4S2Si/c1-9-32-26(33(28)10-2)19-23-18-25(29-20-22-14-12-11-13-15-22)21(3)24(31-23)16-17-30-34(7,8)27(4,5)6/h11-15,21,23-26H,9-10,16-20H2,1-8H3/t21-,23-,24-,25-,26?,33?/m0/s1. The van der Waals surface area contributed by atoms with E-state index in [1.54, 1.807) is 11.8 Å². The van der Waals surface area contributed by atoms with Crippen molar-refractivity contribution in [2.24, 2.45) is 5.92 Å². The van der Waals surface area contributed by atoms with Crippen molar-refractivity contribution in [2.45, 2.75) is 108 Å². The van der Waals surface area contributed by atoms with Gasteiger partial charge in [-0.1, -0.05) is 71.9 Å². The van der Waals surface area contributed by atoms with Crippen LogP contribution in [-0.2, 0) is 31.3 Å². The van der Waals surface area contributed by atoms with Crippen LogP contribution in [0, 0.1) is 5.92 Å². The lowest BCUT2D eigenvalue weighted by Crippen LogP contribution is -2.46. The quantitative estimate of drug-likeness (QED) is 0.258. The third-order valence-corrected chi connectivity index (χ3v) is 15.2. The lowest BCUT2D eigenvalue weighted by Gasteiger charge is -2.42. The maximum absolute atomic E-state index is 12.7. The SMILES string of the molecule is CCSC(C[C@@H]1C[C@H](OCc2ccccc2)[C@@H](C)[C@H](CCO[Si](C)(C)C(C)(C)C)O1)S(=O)CC. The molecule has 2 rings (SSSR count). The molecular formula is C27H48O4S2Si. The number of hydrogen-bond acceptors (Lipinski definition) is 5. The maximum Gasteiger partial charge on any atom is 0.191 e. The Morgan fingerprint density at radius 3 is 2.47 bits per heavy atom. The van der Waals surface area contributed by atoms with Crippen LogP contribution in [0.1, 0.15) is 66.4 Å². The van der Waals surface area contributed by atoms with Gasteiger partial charge in [-0.15, -0.1) is 11.8 Å². The number of ether oxygens (including phenoxy) is 2. The predicted molar refractivity (Wildman–Crippen MR) is 150 cm³/mol. The first-order valence-corrected chi connectivity index (χ1v) is 18.3. The molecule has 2 unspecified atom stereocenters. The van der Waals surface area contributed by atoms with E-state index in [2.05, 4.69) is 72.0 Å². The Kier molecular flexibility index (Phi) is 12.3. The van der Waals surface area contributed by atoms with Crippen molar-refractivity contribution in [2.75, 3.05) is 18.1 Å². The van der Waals surface area contributed by atoms with Crippen molar-refractivity contribution >= 4 is 30.9 Å². The summed E-state index contributed by atoms with van der Waals surface area (Å²) in [4.78, 5) is 0. The summed E-state index contributed by atoms with van der Waals surface area (Å²) in [6, 6.07) is 10.4. The molecule has 0 amide bonds. The van der Waals surface area contributed by atoms with E-state index in [1.165, 1.54) is 5.56 Å². The Morgan fingerprint density at radius 2 is 1.88 bits per heavy atom. The highest BCUT2D eigenvalue weighted by molar-refractivity contribution is 8.11. The van der Waals surface area contributed by atoms with Crippen molar-refractivity contribution in [3.05, 3.63) is 35.9 Å². The summed E-state index contributed by atoms with van der Waals surface area (Å²) in [5.41, 5.74) is 1.20. The van der Waals surface area contributed by atoms with Crippen LogP contribution in [0.3, 0.4) is 0 Å². The molecule has 6 atom stereocenters. The minimum atomic E-state index is -1.79. The second-order valence-corrected chi connectivity index (χ2v) is 19.4. The summed E-state index contributed by atoms with van der Waals surface area (Å²) in [6.07, 6.45) is 2.82. The molecule has 34 heavy (non-hydrogen) atoms. The van der Waals surface area contributed by atoms with Crippen LogP contribution in [0.5, 0.6) is 0 Å². The first kappa shape index (κ1) is 30.0. The highest BCUT2D eigenvalue weighted by Gasteiger charge is 2.40. The minimum absolute atomic E-state index is 0.0643. The third-order valence-electron chi connectivity index (χ3n) is 7.40. The van der Waals surface area contributed by atoms with Crippen LogP contribution >= 0.6 is 11.8 Å². The van der Waals surface area contributed by atoms with Gasteiger partial charge in [-0.2, -0.15) is 0 Å². The molecule has 0 bridgehead atoms. The summed E-state index contributed by atoms with van der Waals surface area (Å²) in [6.45, 7) is 19.2. The molecular weight excluding hydrogens is 481 g/mol. The zero-order valence-corrected chi connectivity index (χ0v) is 25.3. The monoisotopic (exact) mass is 528 g/mol. The molecule has 0 aromatic heterocycles. The molecule has 1 heterocycles. The molecule has 0 radical (unpaired) electrons. The lowest BCUT2D eigenvalue weighted by atomic mass is 9.88. The van der Waals surface area contributed by atoms with Gasteiger partial charge in [-0.3, -0.25) is 4.21 Å². The second-order valence-electron chi connectivity index (χ2n) is 10.9. The zero-order valence-electron chi connectivity index (χ0n) is 22.7. The summed E-state index contributed by atoms with van der Waals surface area (Å²) in [5.74, 6) is 1.95. The van der Waals surface area contributed by atoms with Gasteiger partial charge >= 0.3 is 0 Å². The molecule has 1 fully saturated rings. The third kappa shape index (κ3) is 9.04. The van der Waals surface area contributed by atoms with Gasteiger partial charge in [-0.25, -0.2) is 0 Å². The van der Waals surface area contributed by atoms with Crippen molar-refractivity contribution in [3.8, 4) is 0 Å². The Balaban J connectivity index is 2.09. The molecule has 4 nitrogen and oxygen atoms in total. The molecule has 0 spiro atoms. The van der Waals surface area contributed by atoms with E-state index in [0.717, 1.165) is 31.6 Å². The fourth-order valence-electron chi connectivity index (χ4n) is 4.10. The van der Waals surface area contributed by atoms with E-state index in [1.807, 2.05) is 13.0 Å². The van der Waals surface area contributed by atoms with E-state index in [9.17, 15) is 4.21 Å². The topological polar surface area (TPSA) is 44.8 Å². The molecule has 1 aromatic carbocycles. The first-order valence-electron chi connectivity index (χ1n) is 12.9. The van der Waals surface area contributed by atoms with Crippen LogP contribution in [0.15, 0.2) is 30.3 Å². The number of rotatable bonds is 13. The first-order chi connectivity index (χ1) is 16.0. The highest BCUT2D eigenvalue weighted by atomic mass is 32.2. The number of hydrogen-bond donors (Lipinski definition) is 0. The largest absolute Gasteiger partial charge is 0.417 e. The highest BCUT2D eigenvalue weighted by Crippen LogP contribution is 2.38. The molecule has 1 aliphatic heterocycles. The molecule has 1 saturated heterocycles. The van der Waals surface area contributed by atoms with E-state index >= 15 is 0 Å². The van der Waals surface area contributed by atoms with Crippen LogP contribution in [-0.4, -0.2) is 53.5 Å². The number of benzene rings is 1. The van der Waals surface area contributed by atoms with Crippen LogP contribution in [0.2, 0.25) is 18.1 Å². The van der Waals surface area contributed by atoms with Gasteiger partial charge in [0.15, 0.2) is 8.32 Å². The summed E-state index contributed by atoms with van der Waals surface area (Å²) >= 11 is 1.80. The molecule has 1 aliphatic rings. The zero-order chi connectivity index (χ0) is 25.4. The Bertz CT molecular complexity index is 738. The lowest BCUT2D eigenvalue weighted by molar-refractivity contribution is -0.157. The molecule has 0 saturated carbocycles. The van der Waals surface area contributed by atoms with Crippen LogP contribution in [0.4, 0.5) is 0 Å². The number of thioether (sulfide) groups is 1. The van der Waals surface area contributed by atoms with Gasteiger partial charge in [0.05, 0.1) is 29.5 Å². The van der Waals surface area contributed by atoms with Crippen molar-refractivity contribution < 1.29 is 18.1 Å². The van der Waals surface area contributed by atoms with E-state index < -0.39 is 19.1 Å². The van der Waals surface area contributed by atoms with Gasteiger partial charge in [0.2, 0.25) is 0 Å². The average molecular weight is 529 g/mol. The maximum atomic E-state index is 12.7. The molecule has 0 N–H and O–H groups in total. The van der Waals surface area contributed by atoms with E-state index in [-0.39, 0.29) is 33.9 Å². The van der Waals surface area contributed by atoms with Crippen LogP contribution in [0.25, 0.3) is 0 Å². The van der Waals surface area contributed by atoms with Gasteiger partial charge in [-0.05, 0) is 42.3 Å². The molecule has 0 aliphatic carbocycles.